The lowest BCUT2D eigenvalue weighted by atomic mass is 10.1. The van der Waals surface area contributed by atoms with Crippen molar-refractivity contribution >= 4 is 5.91 Å². The van der Waals surface area contributed by atoms with Crippen molar-refractivity contribution in [2.45, 2.75) is 19.9 Å². The fraction of sp³-hybridized carbons (Fsp3) is 0.278. The van der Waals surface area contributed by atoms with Gasteiger partial charge in [-0.25, -0.2) is 0 Å². The molecule has 0 saturated carbocycles. The summed E-state index contributed by atoms with van der Waals surface area (Å²) < 4.78 is 10.5. The molecule has 0 unspecified atom stereocenters. The first-order chi connectivity index (χ1) is 10.5. The number of rotatable bonds is 5. The van der Waals surface area contributed by atoms with Crippen molar-refractivity contribution in [1.82, 2.24) is 5.32 Å². The summed E-state index contributed by atoms with van der Waals surface area (Å²) in [5.74, 6) is 1.23. The summed E-state index contributed by atoms with van der Waals surface area (Å²) in [5.41, 5.74) is 2.68. The van der Waals surface area contributed by atoms with Crippen LogP contribution in [-0.2, 0) is 0 Å². The number of hydrogen-bond donors (Lipinski definition) is 1. The second-order valence-electron chi connectivity index (χ2n) is 5.18. The van der Waals surface area contributed by atoms with Gasteiger partial charge in [0.2, 0.25) is 0 Å². The van der Waals surface area contributed by atoms with Crippen LogP contribution >= 0.6 is 0 Å². The minimum atomic E-state index is -0.132. The van der Waals surface area contributed by atoms with Crippen molar-refractivity contribution in [3.8, 4) is 11.5 Å². The first-order valence-electron chi connectivity index (χ1n) is 7.14. The molecule has 0 fully saturated rings. The van der Waals surface area contributed by atoms with Gasteiger partial charge in [-0.15, -0.1) is 0 Å². The summed E-state index contributed by atoms with van der Waals surface area (Å²) in [6, 6.07) is 13.0. The summed E-state index contributed by atoms with van der Waals surface area (Å²) >= 11 is 0. The zero-order valence-corrected chi connectivity index (χ0v) is 13.3. The summed E-state index contributed by atoms with van der Waals surface area (Å²) in [5, 5.41) is 2.99. The summed E-state index contributed by atoms with van der Waals surface area (Å²) in [4.78, 5) is 12.3. The Morgan fingerprint density at radius 3 is 2.41 bits per heavy atom. The predicted octanol–water partition coefficient (Wildman–Crippen LogP) is 3.50. The topological polar surface area (TPSA) is 47.6 Å². The molecular weight excluding hydrogens is 278 g/mol. The van der Waals surface area contributed by atoms with E-state index in [0.717, 1.165) is 11.1 Å². The summed E-state index contributed by atoms with van der Waals surface area (Å²) in [7, 11) is 3.19. The highest BCUT2D eigenvalue weighted by atomic mass is 16.5. The number of carbonyl (C=O) groups excluding carboxylic acids is 1. The second kappa shape index (κ2) is 6.98. The van der Waals surface area contributed by atoms with Crippen LogP contribution in [-0.4, -0.2) is 20.1 Å². The van der Waals surface area contributed by atoms with Crippen LogP contribution in [0, 0.1) is 6.92 Å². The number of amides is 1. The van der Waals surface area contributed by atoms with Gasteiger partial charge < -0.3 is 14.8 Å². The molecule has 0 spiro atoms. The lowest BCUT2D eigenvalue weighted by Gasteiger charge is -2.16. The molecule has 2 aromatic rings. The van der Waals surface area contributed by atoms with Crippen LogP contribution in [0.1, 0.15) is 34.5 Å². The molecule has 22 heavy (non-hydrogen) atoms. The number of hydrogen-bond acceptors (Lipinski definition) is 3. The quantitative estimate of drug-likeness (QED) is 0.919. The number of carbonyl (C=O) groups is 1. The molecule has 116 valence electrons. The van der Waals surface area contributed by atoms with Gasteiger partial charge in [0.25, 0.3) is 5.91 Å². The molecule has 1 atom stereocenters. The van der Waals surface area contributed by atoms with Gasteiger partial charge in [-0.3, -0.25) is 4.79 Å². The molecule has 2 rings (SSSR count). The first kappa shape index (κ1) is 15.9. The SMILES string of the molecule is COc1ccc([C@@H](C)NC(=O)c2cccc(C)c2)cc1OC. The monoisotopic (exact) mass is 299 g/mol. The molecule has 0 saturated heterocycles. The minimum Gasteiger partial charge on any atom is -0.493 e. The smallest absolute Gasteiger partial charge is 0.251 e. The van der Waals surface area contributed by atoms with Gasteiger partial charge >= 0.3 is 0 Å². The Bertz CT molecular complexity index is 667. The van der Waals surface area contributed by atoms with Crippen LogP contribution in [0.3, 0.4) is 0 Å². The van der Waals surface area contributed by atoms with Crippen molar-refractivity contribution in [1.29, 1.82) is 0 Å². The Morgan fingerprint density at radius 1 is 1.05 bits per heavy atom. The van der Waals surface area contributed by atoms with E-state index < -0.39 is 0 Å². The number of ether oxygens (including phenoxy) is 2. The van der Waals surface area contributed by atoms with E-state index in [1.54, 1.807) is 14.2 Å². The van der Waals surface area contributed by atoms with Crippen molar-refractivity contribution in [3.63, 3.8) is 0 Å². The first-order valence-corrected chi connectivity index (χ1v) is 7.14. The molecule has 0 aliphatic carbocycles. The molecule has 0 aromatic heterocycles. The second-order valence-corrected chi connectivity index (χ2v) is 5.18. The third-order valence-electron chi connectivity index (χ3n) is 3.54. The van der Waals surface area contributed by atoms with Crippen LogP contribution in [0.4, 0.5) is 0 Å². The lowest BCUT2D eigenvalue weighted by Crippen LogP contribution is -2.26. The average molecular weight is 299 g/mol. The Labute approximate surface area is 131 Å². The maximum Gasteiger partial charge on any atom is 0.251 e. The number of nitrogens with one attached hydrogen (secondary N) is 1. The fourth-order valence-electron chi connectivity index (χ4n) is 2.27. The molecule has 2 aromatic carbocycles. The van der Waals surface area contributed by atoms with Gasteiger partial charge in [-0.1, -0.05) is 23.8 Å². The molecule has 0 heterocycles. The van der Waals surface area contributed by atoms with Crippen LogP contribution in [0.25, 0.3) is 0 Å². The van der Waals surface area contributed by atoms with Crippen LogP contribution in [0.5, 0.6) is 11.5 Å². The van der Waals surface area contributed by atoms with Gasteiger partial charge in [0.1, 0.15) is 0 Å². The van der Waals surface area contributed by atoms with Gasteiger partial charge in [0.05, 0.1) is 20.3 Å². The Hall–Kier alpha value is -2.49. The molecule has 0 aliphatic rings. The maximum absolute atomic E-state index is 12.3. The third kappa shape index (κ3) is 3.58. The fourth-order valence-corrected chi connectivity index (χ4v) is 2.27. The minimum absolute atomic E-state index is 0.0917. The molecule has 4 nitrogen and oxygen atoms in total. The van der Waals surface area contributed by atoms with Crippen molar-refractivity contribution in [3.05, 3.63) is 59.2 Å². The summed E-state index contributed by atoms with van der Waals surface area (Å²) in [6.07, 6.45) is 0. The Morgan fingerprint density at radius 2 is 1.77 bits per heavy atom. The number of methoxy groups -OCH3 is 2. The number of aryl methyl sites for hydroxylation is 1. The molecule has 0 radical (unpaired) electrons. The normalized spacial score (nSPS) is 11.6. The summed E-state index contributed by atoms with van der Waals surface area (Å²) in [6.45, 7) is 3.91. The van der Waals surface area contributed by atoms with E-state index in [0.29, 0.717) is 17.1 Å². The predicted molar refractivity (Wildman–Crippen MR) is 86.6 cm³/mol. The lowest BCUT2D eigenvalue weighted by molar-refractivity contribution is 0.0939. The molecular formula is C18H21NO3. The van der Waals surface area contributed by atoms with E-state index in [1.165, 1.54) is 0 Å². The van der Waals surface area contributed by atoms with E-state index in [9.17, 15) is 4.79 Å². The van der Waals surface area contributed by atoms with E-state index in [1.807, 2.05) is 56.3 Å². The highest BCUT2D eigenvalue weighted by Crippen LogP contribution is 2.29. The standard InChI is InChI=1S/C18H21NO3/c1-12-6-5-7-15(10-12)18(20)19-13(2)14-8-9-16(21-3)17(11-14)22-4/h5-11,13H,1-4H3,(H,19,20)/t13-/m1/s1. The van der Waals surface area contributed by atoms with Crippen LogP contribution < -0.4 is 14.8 Å². The van der Waals surface area contributed by atoms with E-state index in [-0.39, 0.29) is 11.9 Å². The highest BCUT2D eigenvalue weighted by molar-refractivity contribution is 5.94. The van der Waals surface area contributed by atoms with Crippen molar-refractivity contribution in [2.24, 2.45) is 0 Å². The molecule has 0 bridgehead atoms. The molecule has 1 amide bonds. The third-order valence-corrected chi connectivity index (χ3v) is 3.54. The van der Waals surface area contributed by atoms with Gasteiger partial charge in [0.15, 0.2) is 11.5 Å². The van der Waals surface area contributed by atoms with E-state index in [2.05, 4.69) is 5.32 Å². The van der Waals surface area contributed by atoms with Gasteiger partial charge in [-0.05, 0) is 43.7 Å². The molecule has 0 aliphatic heterocycles. The van der Waals surface area contributed by atoms with Crippen LogP contribution in [0.15, 0.2) is 42.5 Å². The Balaban J connectivity index is 2.15. The zero-order valence-electron chi connectivity index (χ0n) is 13.3. The number of benzene rings is 2. The van der Waals surface area contributed by atoms with E-state index >= 15 is 0 Å². The largest absolute Gasteiger partial charge is 0.493 e. The van der Waals surface area contributed by atoms with Crippen molar-refractivity contribution < 1.29 is 14.3 Å². The highest BCUT2D eigenvalue weighted by Gasteiger charge is 2.14. The van der Waals surface area contributed by atoms with Gasteiger partial charge in [0, 0.05) is 5.56 Å². The zero-order chi connectivity index (χ0) is 16.1. The Kier molecular flexibility index (Phi) is 5.04. The maximum atomic E-state index is 12.3. The van der Waals surface area contributed by atoms with E-state index in [4.69, 9.17) is 9.47 Å². The van der Waals surface area contributed by atoms with Crippen LogP contribution in [0.2, 0.25) is 0 Å². The molecule has 4 heteroatoms. The van der Waals surface area contributed by atoms with Crippen molar-refractivity contribution in [2.75, 3.05) is 14.2 Å². The molecule has 1 N–H and O–H groups in total. The van der Waals surface area contributed by atoms with Gasteiger partial charge in [-0.2, -0.15) is 0 Å². The average Bonchev–Trinajstić information content (AvgIpc) is 2.54.